The van der Waals surface area contributed by atoms with Crippen LogP contribution in [-0.4, -0.2) is 45.8 Å². The van der Waals surface area contributed by atoms with Crippen molar-refractivity contribution in [1.82, 2.24) is 25.0 Å². The Labute approximate surface area is 176 Å². The second-order valence-electron chi connectivity index (χ2n) is 6.76. The predicted octanol–water partition coefficient (Wildman–Crippen LogP) is 3.15. The number of hydrogen-bond acceptors (Lipinski definition) is 3. The number of nitrogens with one attached hydrogen (secondary N) is 1. The third-order valence-corrected chi connectivity index (χ3v) is 5.07. The van der Waals surface area contributed by atoms with Gasteiger partial charge in [-0.3, -0.25) is 14.7 Å². The number of aryl methyl sites for hydroxylation is 1. The molecular weight excluding hydrogens is 451 g/mol. The van der Waals surface area contributed by atoms with Gasteiger partial charge < -0.3 is 10.2 Å². The fraction of sp³-hybridized carbons (Fsp3) is 0.350. The molecule has 0 aliphatic carbocycles. The Balaban J connectivity index is 0.00000210. The minimum atomic E-state index is 0. The molecular formula is C20H25IN6. The molecule has 0 amide bonds. The standard InChI is InChI=1S/C20H24N6.HI/c1-21-20(26-10-8-16(14-26)17-11-24-25(2)13-17)23-12-19-18-6-4-3-5-15(18)7-9-22-19;/h3-7,9,11,13,16H,8,10,12,14H2,1-2H3,(H,21,23);1H. The number of guanidine groups is 1. The van der Waals surface area contributed by atoms with Gasteiger partial charge in [-0.25, -0.2) is 0 Å². The van der Waals surface area contributed by atoms with E-state index in [2.05, 4.69) is 55.8 Å². The molecule has 3 heterocycles. The van der Waals surface area contributed by atoms with Gasteiger partial charge in [0.25, 0.3) is 0 Å². The Morgan fingerprint density at radius 2 is 2.15 bits per heavy atom. The molecule has 1 N–H and O–H groups in total. The van der Waals surface area contributed by atoms with E-state index in [4.69, 9.17) is 0 Å². The summed E-state index contributed by atoms with van der Waals surface area (Å²) in [7, 11) is 3.81. The van der Waals surface area contributed by atoms with Crippen molar-refractivity contribution in [1.29, 1.82) is 0 Å². The first-order valence-corrected chi connectivity index (χ1v) is 9.01. The molecule has 0 spiro atoms. The van der Waals surface area contributed by atoms with Crippen LogP contribution in [0.4, 0.5) is 0 Å². The molecule has 1 saturated heterocycles. The zero-order chi connectivity index (χ0) is 17.9. The number of aromatic nitrogens is 3. The maximum absolute atomic E-state index is 4.56. The van der Waals surface area contributed by atoms with Crippen LogP contribution in [0.25, 0.3) is 10.8 Å². The van der Waals surface area contributed by atoms with Crippen LogP contribution in [0.3, 0.4) is 0 Å². The van der Waals surface area contributed by atoms with Gasteiger partial charge in [0.05, 0.1) is 18.4 Å². The molecule has 1 fully saturated rings. The summed E-state index contributed by atoms with van der Waals surface area (Å²) in [6.07, 6.45) is 7.09. The van der Waals surface area contributed by atoms with Crippen LogP contribution in [0.2, 0.25) is 0 Å². The van der Waals surface area contributed by atoms with E-state index in [9.17, 15) is 0 Å². The molecule has 1 aliphatic rings. The molecule has 0 radical (unpaired) electrons. The van der Waals surface area contributed by atoms with Crippen LogP contribution in [0.5, 0.6) is 0 Å². The second kappa shape index (κ2) is 8.69. The fourth-order valence-corrected chi connectivity index (χ4v) is 3.69. The van der Waals surface area contributed by atoms with Crippen LogP contribution < -0.4 is 5.32 Å². The van der Waals surface area contributed by atoms with Gasteiger partial charge in [-0.05, 0) is 23.4 Å². The minimum absolute atomic E-state index is 0. The highest BCUT2D eigenvalue weighted by Crippen LogP contribution is 2.26. The molecule has 1 atom stereocenters. The van der Waals surface area contributed by atoms with Gasteiger partial charge in [0.2, 0.25) is 0 Å². The molecule has 2 aromatic heterocycles. The van der Waals surface area contributed by atoms with Crippen molar-refractivity contribution >= 4 is 40.7 Å². The lowest BCUT2D eigenvalue weighted by atomic mass is 10.0. The van der Waals surface area contributed by atoms with Gasteiger partial charge in [0.15, 0.2) is 5.96 Å². The van der Waals surface area contributed by atoms with Gasteiger partial charge >= 0.3 is 0 Å². The summed E-state index contributed by atoms with van der Waals surface area (Å²) >= 11 is 0. The largest absolute Gasteiger partial charge is 0.351 e. The number of pyridine rings is 1. The first-order chi connectivity index (χ1) is 12.7. The Morgan fingerprint density at radius 3 is 2.93 bits per heavy atom. The molecule has 1 unspecified atom stereocenters. The van der Waals surface area contributed by atoms with Crippen LogP contribution in [-0.2, 0) is 13.6 Å². The van der Waals surface area contributed by atoms with E-state index in [0.29, 0.717) is 12.5 Å². The Bertz CT molecular complexity index is 930. The van der Waals surface area contributed by atoms with Gasteiger partial charge in [-0.2, -0.15) is 5.10 Å². The molecule has 0 bridgehead atoms. The topological polar surface area (TPSA) is 58.3 Å². The minimum Gasteiger partial charge on any atom is -0.351 e. The molecule has 27 heavy (non-hydrogen) atoms. The summed E-state index contributed by atoms with van der Waals surface area (Å²) in [5.74, 6) is 1.45. The molecule has 1 aliphatic heterocycles. The number of likely N-dealkylation sites (tertiary alicyclic amines) is 1. The predicted molar refractivity (Wildman–Crippen MR) is 119 cm³/mol. The van der Waals surface area contributed by atoms with E-state index in [0.717, 1.165) is 31.2 Å². The fourth-order valence-electron chi connectivity index (χ4n) is 3.69. The number of hydrogen-bond donors (Lipinski definition) is 1. The van der Waals surface area contributed by atoms with Crippen molar-refractivity contribution in [3.63, 3.8) is 0 Å². The quantitative estimate of drug-likeness (QED) is 0.359. The zero-order valence-corrected chi connectivity index (χ0v) is 18.0. The Hall–Kier alpha value is -2.16. The summed E-state index contributed by atoms with van der Waals surface area (Å²) in [6, 6.07) is 10.4. The van der Waals surface area contributed by atoms with Crippen molar-refractivity contribution in [2.75, 3.05) is 20.1 Å². The number of fused-ring (bicyclic) bond motifs is 1. The first-order valence-electron chi connectivity index (χ1n) is 9.01. The van der Waals surface area contributed by atoms with E-state index in [1.54, 1.807) is 0 Å². The monoisotopic (exact) mass is 476 g/mol. The summed E-state index contributed by atoms with van der Waals surface area (Å²) < 4.78 is 1.87. The van der Waals surface area contributed by atoms with Crippen LogP contribution in [0.15, 0.2) is 53.9 Å². The SMILES string of the molecule is CN=C(NCc1nccc2ccccc12)N1CCC(c2cnn(C)c2)C1.I. The normalized spacial score (nSPS) is 17.2. The maximum atomic E-state index is 4.56. The maximum Gasteiger partial charge on any atom is 0.193 e. The summed E-state index contributed by atoms with van der Waals surface area (Å²) in [4.78, 5) is 11.4. The highest BCUT2D eigenvalue weighted by molar-refractivity contribution is 14.0. The van der Waals surface area contributed by atoms with Gasteiger partial charge in [0, 0.05) is 50.9 Å². The van der Waals surface area contributed by atoms with Crippen molar-refractivity contribution in [2.45, 2.75) is 18.9 Å². The van der Waals surface area contributed by atoms with Crippen LogP contribution in [0.1, 0.15) is 23.6 Å². The smallest absolute Gasteiger partial charge is 0.193 e. The van der Waals surface area contributed by atoms with Gasteiger partial charge in [0.1, 0.15) is 0 Å². The van der Waals surface area contributed by atoms with Crippen molar-refractivity contribution in [3.8, 4) is 0 Å². The summed E-state index contributed by atoms with van der Waals surface area (Å²) in [5, 5.41) is 10.2. The van der Waals surface area contributed by atoms with E-state index >= 15 is 0 Å². The van der Waals surface area contributed by atoms with Crippen molar-refractivity contribution in [3.05, 3.63) is 60.2 Å². The molecule has 0 saturated carbocycles. The third-order valence-electron chi connectivity index (χ3n) is 5.07. The summed E-state index contributed by atoms with van der Waals surface area (Å²) in [5.41, 5.74) is 2.36. The molecule has 6 nitrogen and oxygen atoms in total. The van der Waals surface area contributed by atoms with Gasteiger partial charge in [-0.1, -0.05) is 24.3 Å². The van der Waals surface area contributed by atoms with E-state index < -0.39 is 0 Å². The van der Waals surface area contributed by atoms with Gasteiger partial charge in [-0.15, -0.1) is 24.0 Å². The Morgan fingerprint density at radius 1 is 1.30 bits per heavy atom. The zero-order valence-electron chi connectivity index (χ0n) is 15.7. The third kappa shape index (κ3) is 4.23. The molecule has 3 aromatic rings. The van der Waals surface area contributed by atoms with Crippen molar-refractivity contribution < 1.29 is 0 Å². The lowest BCUT2D eigenvalue weighted by Gasteiger charge is -2.21. The lowest BCUT2D eigenvalue weighted by molar-refractivity contribution is 0.485. The number of benzene rings is 1. The molecule has 7 heteroatoms. The molecule has 142 valence electrons. The lowest BCUT2D eigenvalue weighted by Crippen LogP contribution is -2.39. The second-order valence-corrected chi connectivity index (χ2v) is 6.76. The Kier molecular flexibility index (Phi) is 6.30. The molecule has 1 aromatic carbocycles. The number of nitrogens with zero attached hydrogens (tertiary/aromatic N) is 5. The average Bonchev–Trinajstić information content (AvgIpc) is 3.32. The number of rotatable bonds is 3. The number of halogens is 1. The van der Waals surface area contributed by atoms with E-state index in [1.165, 1.54) is 16.3 Å². The first kappa shape index (κ1) is 19.6. The van der Waals surface area contributed by atoms with E-state index in [-0.39, 0.29) is 24.0 Å². The number of aliphatic imine (C=N–C) groups is 1. The highest BCUT2D eigenvalue weighted by atomic mass is 127. The van der Waals surface area contributed by atoms with Crippen LogP contribution >= 0.6 is 24.0 Å². The van der Waals surface area contributed by atoms with Crippen molar-refractivity contribution in [2.24, 2.45) is 12.0 Å². The average molecular weight is 476 g/mol. The summed E-state index contributed by atoms with van der Waals surface area (Å²) in [6.45, 7) is 2.64. The van der Waals surface area contributed by atoms with E-state index in [1.807, 2.05) is 37.2 Å². The molecule has 4 rings (SSSR count). The highest BCUT2D eigenvalue weighted by Gasteiger charge is 2.26. The van der Waals surface area contributed by atoms with Crippen LogP contribution in [0, 0.1) is 0 Å².